The van der Waals surface area contributed by atoms with Gasteiger partial charge < -0.3 is 10.2 Å². The van der Waals surface area contributed by atoms with Crippen LogP contribution in [0.2, 0.25) is 0 Å². The third-order valence-corrected chi connectivity index (χ3v) is 4.56. The highest BCUT2D eigenvalue weighted by Gasteiger charge is 2.24. The van der Waals surface area contributed by atoms with E-state index < -0.39 is 4.92 Å². The number of anilines is 1. The molecule has 6 nitrogen and oxygen atoms in total. The Bertz CT molecular complexity index is 550. The number of likely N-dealkylation sites (tertiary alicyclic amines) is 1. The Labute approximate surface area is 131 Å². The van der Waals surface area contributed by atoms with Gasteiger partial charge in [-0.1, -0.05) is 0 Å². The number of hydrogen-bond donors (Lipinski definition) is 2. The summed E-state index contributed by atoms with van der Waals surface area (Å²) in [4.78, 5) is 23.6. The minimum absolute atomic E-state index is 0.00449. The lowest BCUT2D eigenvalue weighted by atomic mass is 10.0. The quantitative estimate of drug-likeness (QED) is 0.637. The molecule has 21 heavy (non-hydrogen) atoms. The van der Waals surface area contributed by atoms with E-state index in [0.717, 1.165) is 19.4 Å². The number of benzene rings is 1. The van der Waals surface area contributed by atoms with Crippen molar-refractivity contribution in [1.29, 1.82) is 0 Å². The number of halogens is 1. The molecule has 0 saturated carbocycles. The zero-order valence-electron chi connectivity index (χ0n) is 11.9. The molecule has 114 valence electrons. The van der Waals surface area contributed by atoms with Crippen molar-refractivity contribution in [2.24, 2.45) is 0 Å². The number of nitrogens with one attached hydrogen (secondary N) is 2. The predicted molar refractivity (Wildman–Crippen MR) is 83.4 cm³/mol. The van der Waals surface area contributed by atoms with E-state index >= 15 is 0 Å². The molecule has 1 aromatic rings. The molecule has 0 radical (unpaired) electrons. The lowest BCUT2D eigenvalue weighted by Crippen LogP contribution is -3.17. The second-order valence-corrected chi connectivity index (χ2v) is 6.31. The highest BCUT2D eigenvalue weighted by Crippen LogP contribution is 2.26. The van der Waals surface area contributed by atoms with Gasteiger partial charge in [0.25, 0.3) is 11.6 Å². The third kappa shape index (κ3) is 4.25. The number of hydrogen-bond acceptors (Lipinski definition) is 3. The Morgan fingerprint density at radius 3 is 2.90 bits per heavy atom. The van der Waals surface area contributed by atoms with Crippen molar-refractivity contribution in [3.05, 3.63) is 32.8 Å². The van der Waals surface area contributed by atoms with Crippen LogP contribution in [0, 0.1) is 10.1 Å². The van der Waals surface area contributed by atoms with Crippen LogP contribution in [0.15, 0.2) is 22.7 Å². The molecule has 1 saturated heterocycles. The summed E-state index contributed by atoms with van der Waals surface area (Å²) in [6.07, 6.45) is 3.55. The van der Waals surface area contributed by atoms with E-state index in [1.54, 1.807) is 6.07 Å². The monoisotopic (exact) mass is 356 g/mol. The number of carbonyl (C=O) groups is 1. The lowest BCUT2D eigenvalue weighted by molar-refractivity contribution is -0.920. The first-order chi connectivity index (χ1) is 9.97. The van der Waals surface area contributed by atoms with Gasteiger partial charge in [-0.3, -0.25) is 14.9 Å². The van der Waals surface area contributed by atoms with E-state index in [1.807, 2.05) is 0 Å². The van der Waals surface area contributed by atoms with Gasteiger partial charge >= 0.3 is 0 Å². The first kappa shape index (κ1) is 15.9. The summed E-state index contributed by atoms with van der Waals surface area (Å²) in [6, 6.07) is 4.84. The molecule has 7 heteroatoms. The molecule has 2 atom stereocenters. The Kier molecular flexibility index (Phi) is 5.30. The van der Waals surface area contributed by atoms with Crippen LogP contribution in [0.5, 0.6) is 0 Å². The smallest absolute Gasteiger partial charge is 0.279 e. The van der Waals surface area contributed by atoms with Crippen molar-refractivity contribution < 1.29 is 14.6 Å². The van der Waals surface area contributed by atoms with Crippen LogP contribution in [0.3, 0.4) is 0 Å². The molecule has 1 amide bonds. The van der Waals surface area contributed by atoms with Crippen molar-refractivity contribution in [2.45, 2.75) is 32.2 Å². The van der Waals surface area contributed by atoms with Crippen LogP contribution in [-0.2, 0) is 4.79 Å². The number of nitro groups is 1. The van der Waals surface area contributed by atoms with Crippen molar-refractivity contribution >= 4 is 33.2 Å². The Morgan fingerprint density at radius 2 is 2.29 bits per heavy atom. The molecule has 1 aromatic carbocycles. The van der Waals surface area contributed by atoms with E-state index in [0.29, 0.717) is 22.7 Å². The topological polar surface area (TPSA) is 76.7 Å². The number of carbonyl (C=O) groups excluding carboxylic acids is 1. The average Bonchev–Trinajstić information content (AvgIpc) is 2.43. The second kappa shape index (κ2) is 7.00. The van der Waals surface area contributed by atoms with Crippen molar-refractivity contribution in [3.63, 3.8) is 0 Å². The predicted octanol–water partition coefficient (Wildman–Crippen LogP) is 1.75. The van der Waals surface area contributed by atoms with Gasteiger partial charge in [0, 0.05) is 16.6 Å². The van der Waals surface area contributed by atoms with Crippen molar-refractivity contribution in [3.8, 4) is 0 Å². The maximum Gasteiger partial charge on any atom is 0.279 e. The maximum atomic E-state index is 12.1. The summed E-state index contributed by atoms with van der Waals surface area (Å²) in [6.45, 7) is 3.63. The zero-order chi connectivity index (χ0) is 15.4. The minimum Gasteiger partial charge on any atom is -0.325 e. The summed E-state index contributed by atoms with van der Waals surface area (Å²) in [5.41, 5.74) is 0.560. The van der Waals surface area contributed by atoms with Gasteiger partial charge in [0.2, 0.25) is 0 Å². The zero-order valence-corrected chi connectivity index (χ0v) is 13.5. The van der Waals surface area contributed by atoms with Crippen LogP contribution < -0.4 is 10.2 Å². The van der Waals surface area contributed by atoms with Gasteiger partial charge in [-0.2, -0.15) is 0 Å². The minimum atomic E-state index is -0.462. The summed E-state index contributed by atoms with van der Waals surface area (Å²) in [5.74, 6) is -0.0618. The fourth-order valence-corrected chi connectivity index (χ4v) is 3.10. The molecule has 1 heterocycles. The number of piperidine rings is 1. The van der Waals surface area contributed by atoms with E-state index in [1.165, 1.54) is 23.5 Å². The first-order valence-electron chi connectivity index (χ1n) is 7.05. The van der Waals surface area contributed by atoms with Gasteiger partial charge in [-0.05, 0) is 48.2 Å². The number of amides is 1. The molecular formula is C14H19BrN3O3+. The molecule has 2 N–H and O–H groups in total. The van der Waals surface area contributed by atoms with Gasteiger partial charge in [0.15, 0.2) is 6.54 Å². The van der Waals surface area contributed by atoms with Crippen molar-refractivity contribution in [2.75, 3.05) is 18.4 Å². The van der Waals surface area contributed by atoms with Crippen LogP contribution in [0.25, 0.3) is 0 Å². The highest BCUT2D eigenvalue weighted by atomic mass is 79.9. The molecule has 1 unspecified atom stereocenters. The highest BCUT2D eigenvalue weighted by molar-refractivity contribution is 9.10. The van der Waals surface area contributed by atoms with Crippen LogP contribution in [0.4, 0.5) is 11.4 Å². The number of quaternary nitrogens is 1. The van der Waals surface area contributed by atoms with Crippen molar-refractivity contribution in [1.82, 2.24) is 0 Å². The Hall–Kier alpha value is -1.47. The van der Waals surface area contributed by atoms with E-state index in [9.17, 15) is 14.9 Å². The fourth-order valence-electron chi connectivity index (χ4n) is 2.64. The van der Waals surface area contributed by atoms with Crippen LogP contribution >= 0.6 is 15.9 Å². The Balaban J connectivity index is 1.97. The van der Waals surface area contributed by atoms with Gasteiger partial charge in [0.1, 0.15) is 0 Å². The molecule has 0 bridgehead atoms. The Morgan fingerprint density at radius 1 is 1.52 bits per heavy atom. The number of rotatable bonds is 4. The lowest BCUT2D eigenvalue weighted by Gasteiger charge is -2.29. The molecule has 0 spiro atoms. The fraction of sp³-hybridized carbons (Fsp3) is 0.500. The molecule has 1 aliphatic heterocycles. The van der Waals surface area contributed by atoms with Crippen LogP contribution in [0.1, 0.15) is 26.2 Å². The first-order valence-corrected chi connectivity index (χ1v) is 7.85. The standard InChI is InChI=1S/C14H18BrN3O3/c1-10-4-2-3-7-17(10)9-14(19)16-13-6-5-11(18(20)21)8-12(13)15/h5-6,8,10H,2-4,7,9H2,1H3,(H,16,19)/p+1/t10-/m0/s1. The molecule has 1 aliphatic rings. The number of nitrogens with zero attached hydrogens (tertiary/aromatic N) is 1. The third-order valence-electron chi connectivity index (χ3n) is 3.91. The second-order valence-electron chi connectivity index (χ2n) is 5.45. The van der Waals surface area contributed by atoms with Crippen LogP contribution in [-0.4, -0.2) is 30.0 Å². The normalized spacial score (nSPS) is 21.8. The largest absolute Gasteiger partial charge is 0.325 e. The summed E-state index contributed by atoms with van der Waals surface area (Å²) >= 11 is 3.26. The number of nitro benzene ring substituents is 1. The molecular weight excluding hydrogens is 338 g/mol. The summed E-state index contributed by atoms with van der Waals surface area (Å²) in [7, 11) is 0. The summed E-state index contributed by atoms with van der Waals surface area (Å²) < 4.78 is 0.520. The van der Waals surface area contributed by atoms with E-state index in [2.05, 4.69) is 28.2 Å². The maximum absolute atomic E-state index is 12.1. The molecule has 1 fully saturated rings. The average molecular weight is 357 g/mol. The van der Waals surface area contributed by atoms with Gasteiger partial charge in [-0.25, -0.2) is 0 Å². The molecule has 0 aliphatic carbocycles. The number of non-ortho nitro benzene ring substituents is 1. The van der Waals surface area contributed by atoms with E-state index in [-0.39, 0.29) is 11.6 Å². The molecule has 2 rings (SSSR count). The van der Waals surface area contributed by atoms with Gasteiger partial charge in [0.05, 0.1) is 23.2 Å². The van der Waals surface area contributed by atoms with E-state index in [4.69, 9.17) is 0 Å². The van der Waals surface area contributed by atoms with Gasteiger partial charge in [-0.15, -0.1) is 0 Å². The SMILES string of the molecule is C[C@H]1CCCC[NH+]1CC(=O)Nc1ccc([N+](=O)[O-])cc1Br. The molecule has 0 aromatic heterocycles. The summed E-state index contributed by atoms with van der Waals surface area (Å²) in [5, 5.41) is 13.5.